The van der Waals surface area contributed by atoms with Crippen LogP contribution in [0.4, 0.5) is 0 Å². The summed E-state index contributed by atoms with van der Waals surface area (Å²) in [5, 5.41) is 0. The zero-order chi connectivity index (χ0) is 12.4. The molecule has 2 rings (SSSR count). The molecule has 1 saturated carbocycles. The third kappa shape index (κ3) is 2.94. The Labute approximate surface area is 102 Å². The summed E-state index contributed by atoms with van der Waals surface area (Å²) < 4.78 is 5.58. The van der Waals surface area contributed by atoms with Crippen molar-refractivity contribution in [1.82, 2.24) is 9.88 Å². The van der Waals surface area contributed by atoms with Crippen LogP contribution in [0, 0.1) is 13.8 Å². The van der Waals surface area contributed by atoms with Gasteiger partial charge in [-0.1, -0.05) is 0 Å². The van der Waals surface area contributed by atoms with E-state index in [4.69, 9.17) is 4.42 Å². The van der Waals surface area contributed by atoms with E-state index in [0.29, 0.717) is 11.8 Å². The minimum atomic E-state index is 0.400. The lowest BCUT2D eigenvalue weighted by molar-refractivity contribution is -0.121. The van der Waals surface area contributed by atoms with Crippen LogP contribution < -0.4 is 0 Å². The lowest BCUT2D eigenvalue weighted by Gasteiger charge is -2.29. The molecule has 0 saturated heterocycles. The van der Waals surface area contributed by atoms with Gasteiger partial charge in [0.15, 0.2) is 0 Å². The van der Waals surface area contributed by atoms with Crippen LogP contribution in [0.5, 0.6) is 0 Å². The maximum Gasteiger partial charge on any atom is 0.208 e. The summed E-state index contributed by atoms with van der Waals surface area (Å²) in [5.41, 5.74) is 0.965. The molecule has 4 nitrogen and oxygen atoms in total. The first-order chi connectivity index (χ1) is 8.06. The zero-order valence-electron chi connectivity index (χ0n) is 10.8. The molecule has 94 valence electrons. The average Bonchev–Trinajstić information content (AvgIpc) is 2.58. The highest BCUT2D eigenvalue weighted by Gasteiger charge is 2.23. The summed E-state index contributed by atoms with van der Waals surface area (Å²) in [6.07, 6.45) is 3.37. The van der Waals surface area contributed by atoms with Crippen LogP contribution in [0.2, 0.25) is 0 Å². The number of hydrogen-bond donors (Lipinski definition) is 0. The fourth-order valence-corrected chi connectivity index (χ4v) is 2.31. The van der Waals surface area contributed by atoms with Crippen LogP contribution in [0.15, 0.2) is 4.42 Å². The number of hydrogen-bond acceptors (Lipinski definition) is 4. The Balaban J connectivity index is 1.92. The van der Waals surface area contributed by atoms with E-state index in [1.165, 1.54) is 0 Å². The van der Waals surface area contributed by atoms with Gasteiger partial charge in [0, 0.05) is 18.9 Å². The number of rotatable bonds is 3. The first kappa shape index (κ1) is 12.3. The van der Waals surface area contributed by atoms with Crippen molar-refractivity contribution in [3.05, 3.63) is 17.3 Å². The molecule has 1 aliphatic carbocycles. The van der Waals surface area contributed by atoms with Crippen molar-refractivity contribution in [2.24, 2.45) is 0 Å². The second-order valence-electron chi connectivity index (χ2n) is 4.93. The van der Waals surface area contributed by atoms with Gasteiger partial charge in [0.25, 0.3) is 0 Å². The quantitative estimate of drug-likeness (QED) is 0.807. The predicted molar refractivity (Wildman–Crippen MR) is 64.7 cm³/mol. The molecule has 0 atom stereocenters. The molecule has 0 bridgehead atoms. The fraction of sp³-hybridized carbons (Fsp3) is 0.692. The highest BCUT2D eigenvalue weighted by molar-refractivity contribution is 5.79. The molecule has 0 unspecified atom stereocenters. The number of aryl methyl sites for hydroxylation is 2. The molecule has 1 aliphatic rings. The predicted octanol–water partition coefficient (Wildman–Crippen LogP) is 2.23. The smallest absolute Gasteiger partial charge is 0.208 e. The Morgan fingerprint density at radius 2 is 2.00 bits per heavy atom. The Hall–Kier alpha value is -1.16. The summed E-state index contributed by atoms with van der Waals surface area (Å²) >= 11 is 0. The number of Topliss-reactive ketones (excluding diaryl/α,β-unsaturated/α-hetero) is 1. The van der Waals surface area contributed by atoms with Gasteiger partial charge < -0.3 is 4.42 Å². The fourth-order valence-electron chi connectivity index (χ4n) is 2.31. The van der Waals surface area contributed by atoms with E-state index in [1.54, 1.807) is 0 Å². The summed E-state index contributed by atoms with van der Waals surface area (Å²) in [4.78, 5) is 17.8. The number of ketones is 1. The number of carbonyl (C=O) groups excluding carboxylic acids is 1. The van der Waals surface area contributed by atoms with E-state index < -0.39 is 0 Å². The maximum atomic E-state index is 11.2. The van der Waals surface area contributed by atoms with Crippen molar-refractivity contribution in [3.63, 3.8) is 0 Å². The number of aromatic nitrogens is 1. The Bertz CT molecular complexity index is 382. The van der Waals surface area contributed by atoms with Gasteiger partial charge in [0.1, 0.15) is 11.5 Å². The summed E-state index contributed by atoms with van der Waals surface area (Å²) in [5.74, 6) is 2.07. The van der Waals surface area contributed by atoms with Gasteiger partial charge in [-0.25, -0.2) is 4.98 Å². The maximum absolute atomic E-state index is 11.2. The number of nitrogens with zero attached hydrogens (tertiary/aromatic N) is 2. The Morgan fingerprint density at radius 3 is 2.53 bits per heavy atom. The summed E-state index contributed by atoms with van der Waals surface area (Å²) in [7, 11) is 2.08. The van der Waals surface area contributed by atoms with E-state index in [9.17, 15) is 4.79 Å². The van der Waals surface area contributed by atoms with Crippen LogP contribution in [-0.2, 0) is 11.3 Å². The molecular weight excluding hydrogens is 216 g/mol. The van der Waals surface area contributed by atoms with Crippen molar-refractivity contribution in [3.8, 4) is 0 Å². The second kappa shape index (κ2) is 5.00. The molecular formula is C13H20N2O2. The molecule has 1 fully saturated rings. The van der Waals surface area contributed by atoms with E-state index in [2.05, 4.69) is 16.9 Å². The third-order valence-corrected chi connectivity index (χ3v) is 3.59. The van der Waals surface area contributed by atoms with Crippen LogP contribution in [0.25, 0.3) is 0 Å². The Morgan fingerprint density at radius 1 is 1.35 bits per heavy atom. The highest BCUT2D eigenvalue weighted by Crippen LogP contribution is 2.21. The van der Waals surface area contributed by atoms with Crippen LogP contribution in [-0.4, -0.2) is 28.8 Å². The van der Waals surface area contributed by atoms with Gasteiger partial charge in [0.05, 0.1) is 12.2 Å². The minimum Gasteiger partial charge on any atom is -0.444 e. The standard InChI is InChI=1S/C13H20N2O2/c1-9-10(2)17-13(14-9)8-15(3)11-4-6-12(16)7-5-11/h11H,4-8H2,1-3H3. The van der Waals surface area contributed by atoms with Crippen molar-refractivity contribution in [1.29, 1.82) is 0 Å². The highest BCUT2D eigenvalue weighted by atomic mass is 16.4. The van der Waals surface area contributed by atoms with Crippen molar-refractivity contribution >= 4 is 5.78 Å². The Kier molecular flexibility index (Phi) is 3.62. The van der Waals surface area contributed by atoms with Gasteiger partial charge >= 0.3 is 0 Å². The minimum absolute atomic E-state index is 0.400. The molecule has 1 heterocycles. The number of carbonyl (C=O) groups is 1. The van der Waals surface area contributed by atoms with Crippen molar-refractivity contribution in [2.45, 2.75) is 52.1 Å². The molecule has 4 heteroatoms. The third-order valence-electron chi connectivity index (χ3n) is 3.59. The van der Waals surface area contributed by atoms with Crippen LogP contribution >= 0.6 is 0 Å². The van der Waals surface area contributed by atoms with Gasteiger partial charge in [-0.2, -0.15) is 0 Å². The normalized spacial score (nSPS) is 18.0. The van der Waals surface area contributed by atoms with Gasteiger partial charge in [0.2, 0.25) is 5.89 Å². The first-order valence-corrected chi connectivity index (χ1v) is 6.21. The molecule has 1 aromatic rings. The van der Waals surface area contributed by atoms with Gasteiger partial charge in [-0.15, -0.1) is 0 Å². The zero-order valence-corrected chi connectivity index (χ0v) is 10.8. The molecule has 0 N–H and O–H groups in total. The van der Waals surface area contributed by atoms with E-state index in [0.717, 1.165) is 49.6 Å². The second-order valence-corrected chi connectivity index (χ2v) is 4.93. The van der Waals surface area contributed by atoms with Crippen molar-refractivity contribution < 1.29 is 9.21 Å². The molecule has 1 aromatic heterocycles. The lowest BCUT2D eigenvalue weighted by atomic mass is 9.93. The summed E-state index contributed by atoms with van der Waals surface area (Å²) in [6.45, 7) is 4.63. The average molecular weight is 236 g/mol. The van der Waals surface area contributed by atoms with E-state index in [1.807, 2.05) is 13.8 Å². The van der Waals surface area contributed by atoms with E-state index in [-0.39, 0.29) is 0 Å². The SMILES string of the molecule is Cc1nc(CN(C)C2CCC(=O)CC2)oc1C. The first-order valence-electron chi connectivity index (χ1n) is 6.21. The molecule has 0 spiro atoms. The lowest BCUT2D eigenvalue weighted by Crippen LogP contribution is -2.34. The molecule has 17 heavy (non-hydrogen) atoms. The number of oxazole rings is 1. The molecule has 0 aliphatic heterocycles. The molecule has 0 aromatic carbocycles. The van der Waals surface area contributed by atoms with Gasteiger partial charge in [-0.05, 0) is 33.7 Å². The van der Waals surface area contributed by atoms with Gasteiger partial charge in [-0.3, -0.25) is 9.69 Å². The largest absolute Gasteiger partial charge is 0.444 e. The van der Waals surface area contributed by atoms with Crippen LogP contribution in [0.1, 0.15) is 43.0 Å². The molecule has 0 radical (unpaired) electrons. The van der Waals surface area contributed by atoms with Crippen molar-refractivity contribution in [2.75, 3.05) is 7.05 Å². The molecule has 0 amide bonds. The van der Waals surface area contributed by atoms with Crippen LogP contribution in [0.3, 0.4) is 0 Å². The topological polar surface area (TPSA) is 46.3 Å². The van der Waals surface area contributed by atoms with E-state index >= 15 is 0 Å². The summed E-state index contributed by atoms with van der Waals surface area (Å²) in [6, 6.07) is 0.486. The monoisotopic (exact) mass is 236 g/mol.